The van der Waals surface area contributed by atoms with Gasteiger partial charge in [-0.3, -0.25) is 0 Å². The van der Waals surface area contributed by atoms with E-state index in [9.17, 15) is 0 Å². The summed E-state index contributed by atoms with van der Waals surface area (Å²) < 4.78 is 10.5. The monoisotopic (exact) mass is 261 g/mol. The zero-order valence-electron chi connectivity index (χ0n) is 11.4. The average molecular weight is 261 g/mol. The molecule has 0 radical (unpaired) electrons. The summed E-state index contributed by atoms with van der Waals surface area (Å²) in [5.74, 6) is 2.52. The van der Waals surface area contributed by atoms with Gasteiger partial charge in [0.25, 0.3) is 0 Å². The van der Waals surface area contributed by atoms with Crippen molar-refractivity contribution >= 4 is 0 Å². The van der Waals surface area contributed by atoms with Crippen molar-refractivity contribution in [1.82, 2.24) is 9.97 Å². The van der Waals surface area contributed by atoms with Crippen LogP contribution in [0.15, 0.2) is 24.4 Å². The van der Waals surface area contributed by atoms with E-state index in [0.717, 1.165) is 17.1 Å². The SMILES string of the molecule is COc1ccc(-c2cnc(C(C)CN)[nH]2)cc1OC. The van der Waals surface area contributed by atoms with Crippen molar-refractivity contribution < 1.29 is 9.47 Å². The topological polar surface area (TPSA) is 73.2 Å². The quantitative estimate of drug-likeness (QED) is 0.865. The van der Waals surface area contributed by atoms with E-state index in [1.165, 1.54) is 0 Å². The minimum absolute atomic E-state index is 0.217. The van der Waals surface area contributed by atoms with E-state index in [0.29, 0.717) is 18.0 Å². The van der Waals surface area contributed by atoms with Crippen molar-refractivity contribution in [2.45, 2.75) is 12.8 Å². The zero-order valence-corrected chi connectivity index (χ0v) is 11.4. The van der Waals surface area contributed by atoms with Crippen molar-refractivity contribution in [2.24, 2.45) is 5.73 Å². The first-order chi connectivity index (χ1) is 9.19. The first-order valence-corrected chi connectivity index (χ1v) is 6.17. The molecule has 0 amide bonds. The van der Waals surface area contributed by atoms with Crippen molar-refractivity contribution in [3.05, 3.63) is 30.2 Å². The Morgan fingerprint density at radius 2 is 2.00 bits per heavy atom. The Morgan fingerprint density at radius 3 is 2.63 bits per heavy atom. The summed E-state index contributed by atoms with van der Waals surface area (Å²) in [5.41, 5.74) is 7.58. The van der Waals surface area contributed by atoms with Crippen LogP contribution in [0.1, 0.15) is 18.7 Å². The Bertz CT molecular complexity index is 551. The molecule has 1 unspecified atom stereocenters. The summed E-state index contributed by atoms with van der Waals surface area (Å²) >= 11 is 0. The highest BCUT2D eigenvalue weighted by atomic mass is 16.5. The third-order valence-corrected chi connectivity index (χ3v) is 3.11. The Hall–Kier alpha value is -2.01. The van der Waals surface area contributed by atoms with Gasteiger partial charge < -0.3 is 20.2 Å². The molecular formula is C14H19N3O2. The van der Waals surface area contributed by atoms with Crippen LogP contribution in [0.2, 0.25) is 0 Å². The molecular weight excluding hydrogens is 242 g/mol. The van der Waals surface area contributed by atoms with Gasteiger partial charge in [0.1, 0.15) is 5.82 Å². The number of nitrogens with zero attached hydrogens (tertiary/aromatic N) is 1. The van der Waals surface area contributed by atoms with Crippen LogP contribution in [0.25, 0.3) is 11.3 Å². The number of rotatable bonds is 5. The molecule has 0 saturated heterocycles. The molecule has 0 saturated carbocycles. The molecule has 2 rings (SSSR count). The maximum Gasteiger partial charge on any atom is 0.161 e. The molecule has 102 valence electrons. The highest BCUT2D eigenvalue weighted by molar-refractivity contribution is 5.63. The lowest BCUT2D eigenvalue weighted by Crippen LogP contribution is -2.10. The van der Waals surface area contributed by atoms with Gasteiger partial charge in [0.2, 0.25) is 0 Å². The van der Waals surface area contributed by atoms with Gasteiger partial charge in [-0.1, -0.05) is 6.92 Å². The van der Waals surface area contributed by atoms with Gasteiger partial charge >= 0.3 is 0 Å². The number of ether oxygens (including phenoxy) is 2. The van der Waals surface area contributed by atoms with Crippen LogP contribution >= 0.6 is 0 Å². The lowest BCUT2D eigenvalue weighted by Gasteiger charge is -2.08. The van der Waals surface area contributed by atoms with E-state index in [1.54, 1.807) is 14.2 Å². The molecule has 0 aliphatic heterocycles. The third kappa shape index (κ3) is 2.71. The molecule has 2 aromatic rings. The number of H-pyrrole nitrogens is 1. The second-order valence-corrected chi connectivity index (χ2v) is 4.39. The highest BCUT2D eigenvalue weighted by Gasteiger charge is 2.11. The van der Waals surface area contributed by atoms with Crippen LogP contribution in [0, 0.1) is 0 Å². The van der Waals surface area contributed by atoms with Gasteiger partial charge in [0.05, 0.1) is 26.1 Å². The lowest BCUT2D eigenvalue weighted by atomic mass is 10.1. The molecule has 0 fully saturated rings. The van der Waals surface area contributed by atoms with E-state index in [-0.39, 0.29) is 5.92 Å². The minimum Gasteiger partial charge on any atom is -0.493 e. The van der Waals surface area contributed by atoms with Crippen molar-refractivity contribution in [3.63, 3.8) is 0 Å². The van der Waals surface area contributed by atoms with Gasteiger partial charge in [-0.25, -0.2) is 4.98 Å². The predicted molar refractivity (Wildman–Crippen MR) is 74.6 cm³/mol. The fraction of sp³-hybridized carbons (Fsp3) is 0.357. The fourth-order valence-electron chi connectivity index (χ4n) is 1.85. The van der Waals surface area contributed by atoms with Crippen molar-refractivity contribution in [1.29, 1.82) is 0 Å². The first kappa shape index (κ1) is 13.4. The maximum absolute atomic E-state index is 5.64. The maximum atomic E-state index is 5.64. The molecule has 0 aliphatic rings. The van der Waals surface area contributed by atoms with Crippen LogP contribution in [0.5, 0.6) is 11.5 Å². The number of hydrogen-bond acceptors (Lipinski definition) is 4. The number of methoxy groups -OCH3 is 2. The second-order valence-electron chi connectivity index (χ2n) is 4.39. The smallest absolute Gasteiger partial charge is 0.161 e. The van der Waals surface area contributed by atoms with Gasteiger partial charge in [-0.2, -0.15) is 0 Å². The second kappa shape index (κ2) is 5.75. The van der Waals surface area contributed by atoms with Crippen molar-refractivity contribution in [2.75, 3.05) is 20.8 Å². The van der Waals surface area contributed by atoms with Gasteiger partial charge in [-0.05, 0) is 18.2 Å². The molecule has 5 heteroatoms. The molecule has 1 aromatic carbocycles. The largest absolute Gasteiger partial charge is 0.493 e. The first-order valence-electron chi connectivity index (χ1n) is 6.17. The molecule has 0 spiro atoms. The molecule has 1 aromatic heterocycles. The summed E-state index contributed by atoms with van der Waals surface area (Å²) in [5, 5.41) is 0. The van der Waals surface area contributed by atoms with Gasteiger partial charge in [-0.15, -0.1) is 0 Å². The Labute approximate surface area is 112 Å². The van der Waals surface area contributed by atoms with Crippen molar-refractivity contribution in [3.8, 4) is 22.8 Å². The van der Waals surface area contributed by atoms with E-state index in [2.05, 4.69) is 9.97 Å². The summed E-state index contributed by atoms with van der Waals surface area (Å²) in [6.45, 7) is 2.61. The zero-order chi connectivity index (χ0) is 13.8. The summed E-state index contributed by atoms with van der Waals surface area (Å²) in [7, 11) is 3.24. The molecule has 5 nitrogen and oxygen atoms in total. The molecule has 3 N–H and O–H groups in total. The van der Waals surface area contributed by atoms with E-state index in [1.807, 2.05) is 31.3 Å². The van der Waals surface area contributed by atoms with E-state index >= 15 is 0 Å². The summed E-state index contributed by atoms with van der Waals surface area (Å²) in [6, 6.07) is 5.76. The van der Waals surface area contributed by atoms with Crippen LogP contribution in [-0.2, 0) is 0 Å². The Balaban J connectivity index is 2.34. The van der Waals surface area contributed by atoms with Crippen LogP contribution in [0.3, 0.4) is 0 Å². The third-order valence-electron chi connectivity index (χ3n) is 3.11. The predicted octanol–water partition coefficient (Wildman–Crippen LogP) is 2.16. The number of aromatic nitrogens is 2. The molecule has 0 bridgehead atoms. The Morgan fingerprint density at radius 1 is 1.26 bits per heavy atom. The van der Waals surface area contributed by atoms with Gasteiger partial charge in [0, 0.05) is 18.0 Å². The molecule has 0 aliphatic carbocycles. The van der Waals surface area contributed by atoms with Gasteiger partial charge in [0.15, 0.2) is 11.5 Å². The standard InChI is InChI=1S/C14H19N3O2/c1-9(7-15)14-16-8-11(17-14)10-4-5-12(18-2)13(6-10)19-3/h4-6,8-9H,7,15H2,1-3H3,(H,16,17). The number of hydrogen-bond donors (Lipinski definition) is 2. The number of aromatic amines is 1. The number of imidazole rings is 1. The van der Waals surface area contributed by atoms with E-state index in [4.69, 9.17) is 15.2 Å². The molecule has 1 atom stereocenters. The number of benzene rings is 1. The number of nitrogens with two attached hydrogens (primary N) is 1. The Kier molecular flexibility index (Phi) is 4.06. The van der Waals surface area contributed by atoms with E-state index < -0.39 is 0 Å². The summed E-state index contributed by atoms with van der Waals surface area (Å²) in [4.78, 5) is 7.64. The highest BCUT2D eigenvalue weighted by Crippen LogP contribution is 2.31. The molecule has 19 heavy (non-hydrogen) atoms. The average Bonchev–Trinajstić information content (AvgIpc) is 2.95. The lowest BCUT2D eigenvalue weighted by molar-refractivity contribution is 0.355. The summed E-state index contributed by atoms with van der Waals surface area (Å²) in [6.07, 6.45) is 1.81. The van der Waals surface area contributed by atoms with Crippen LogP contribution < -0.4 is 15.2 Å². The number of nitrogens with one attached hydrogen (secondary N) is 1. The van der Waals surface area contributed by atoms with Crippen LogP contribution in [0.4, 0.5) is 0 Å². The molecule has 1 heterocycles. The normalized spacial score (nSPS) is 12.2. The van der Waals surface area contributed by atoms with Crippen LogP contribution in [-0.4, -0.2) is 30.7 Å². The minimum atomic E-state index is 0.217. The fourth-order valence-corrected chi connectivity index (χ4v) is 1.85.